The third-order valence-electron chi connectivity index (χ3n) is 9.41. The van der Waals surface area contributed by atoms with E-state index in [1.807, 2.05) is 24.3 Å². The second kappa shape index (κ2) is 31.3. The molecule has 0 aliphatic heterocycles. The molecule has 0 aromatic heterocycles. The van der Waals surface area contributed by atoms with Gasteiger partial charge in [-0.15, -0.1) is 0 Å². The number of ketones is 1. The topological polar surface area (TPSA) is 157 Å². The van der Waals surface area contributed by atoms with Gasteiger partial charge in [0.15, 0.2) is 11.9 Å². The van der Waals surface area contributed by atoms with Crippen LogP contribution in [-0.2, 0) is 32.9 Å². The summed E-state index contributed by atoms with van der Waals surface area (Å²) in [6.07, 6.45) is 33.5. The predicted octanol–water partition coefficient (Wildman–Crippen LogP) is 9.80. The standard InChI is InChI=1S/C41H71O10P/c1-3-5-7-8-9-10-11-12-13-14-15-16-17-18-24-28-41(45)51-37(34-50-52(46,47)48)33-49-40(44)27-23-20-19-22-25-35-29-32-39(43)38(35)31-30-36(42)26-21-6-4-2/h19,22,29-32,35-38,42H,3-18,20-21,23-28,33-34H2,1-2H3,(H2,46,47,48)/b22-19-,31-30+/t35-,36-,37+,38+/m0/s1. The molecule has 11 heteroatoms. The number of aliphatic hydroxyl groups excluding tert-OH is 1. The number of carbonyl (C=O) groups is 3. The summed E-state index contributed by atoms with van der Waals surface area (Å²) in [5.74, 6) is -1.24. The van der Waals surface area contributed by atoms with Crippen LogP contribution in [0, 0.1) is 11.8 Å². The van der Waals surface area contributed by atoms with Gasteiger partial charge in [0.1, 0.15) is 6.61 Å². The molecule has 0 aromatic carbocycles. The van der Waals surface area contributed by atoms with Crippen LogP contribution in [-0.4, -0.2) is 58.0 Å². The Bertz CT molecular complexity index is 1080. The van der Waals surface area contributed by atoms with Crippen LogP contribution in [0.1, 0.15) is 168 Å². The summed E-state index contributed by atoms with van der Waals surface area (Å²) in [6.45, 7) is 3.42. The lowest BCUT2D eigenvalue weighted by Crippen LogP contribution is -2.29. The second-order valence-electron chi connectivity index (χ2n) is 14.3. The quantitative estimate of drug-likeness (QED) is 0.0250. The molecule has 0 fully saturated rings. The summed E-state index contributed by atoms with van der Waals surface area (Å²) in [5.41, 5.74) is 0. The molecule has 0 heterocycles. The molecule has 0 unspecified atom stereocenters. The maximum Gasteiger partial charge on any atom is 0.469 e. The SMILES string of the molecule is CCCCCCCCCCCCCCCCCC(=O)O[C@H](COC(=O)CCC/C=C\C[C@H]1C=CC(=O)[C@@H]1/C=C/[C@@H](O)CCCCC)COP(=O)(O)O. The normalized spacial score (nSPS) is 17.4. The van der Waals surface area contributed by atoms with Crippen LogP contribution in [0.25, 0.3) is 0 Å². The van der Waals surface area contributed by atoms with Gasteiger partial charge in [-0.1, -0.05) is 153 Å². The number of allylic oxidation sites excluding steroid dienone is 5. The second-order valence-corrected chi connectivity index (χ2v) is 15.5. The molecule has 1 rings (SSSR count). The van der Waals surface area contributed by atoms with Gasteiger partial charge in [-0.2, -0.15) is 0 Å². The van der Waals surface area contributed by atoms with Gasteiger partial charge in [-0.25, -0.2) is 4.57 Å². The van der Waals surface area contributed by atoms with E-state index in [1.54, 1.807) is 12.2 Å². The van der Waals surface area contributed by atoms with Gasteiger partial charge >= 0.3 is 19.8 Å². The Kier molecular flexibility index (Phi) is 28.8. The Morgan fingerprint density at radius 3 is 1.92 bits per heavy atom. The monoisotopic (exact) mass is 754 g/mol. The average molecular weight is 755 g/mol. The lowest BCUT2D eigenvalue weighted by Gasteiger charge is -2.18. The van der Waals surface area contributed by atoms with E-state index in [4.69, 9.17) is 19.3 Å². The number of phosphoric ester groups is 1. The van der Waals surface area contributed by atoms with Crippen LogP contribution in [0.15, 0.2) is 36.5 Å². The molecular weight excluding hydrogens is 683 g/mol. The molecule has 4 atom stereocenters. The Morgan fingerprint density at radius 1 is 0.769 bits per heavy atom. The molecule has 0 bridgehead atoms. The molecular formula is C41H71O10P. The summed E-state index contributed by atoms with van der Waals surface area (Å²) < 4.78 is 26.3. The summed E-state index contributed by atoms with van der Waals surface area (Å²) >= 11 is 0. The molecule has 0 amide bonds. The molecule has 0 aromatic rings. The number of aliphatic hydroxyl groups is 1. The Hall–Kier alpha value is -2.10. The van der Waals surface area contributed by atoms with Crippen molar-refractivity contribution in [1.82, 2.24) is 0 Å². The Balaban J connectivity index is 2.25. The maximum absolute atomic E-state index is 12.4. The Morgan fingerprint density at radius 2 is 1.33 bits per heavy atom. The molecule has 0 saturated carbocycles. The zero-order chi connectivity index (χ0) is 38.3. The fourth-order valence-corrected chi connectivity index (χ4v) is 6.61. The highest BCUT2D eigenvalue weighted by atomic mass is 31.2. The maximum atomic E-state index is 12.4. The first-order chi connectivity index (χ1) is 25.1. The fraction of sp³-hybridized carbons (Fsp3) is 0.780. The molecule has 0 radical (unpaired) electrons. The summed E-state index contributed by atoms with van der Waals surface area (Å²) in [5, 5.41) is 10.2. The molecule has 0 saturated heterocycles. The van der Waals surface area contributed by atoms with Gasteiger partial charge in [0.25, 0.3) is 0 Å². The van der Waals surface area contributed by atoms with Crippen LogP contribution < -0.4 is 0 Å². The van der Waals surface area contributed by atoms with Crippen LogP contribution in [0.4, 0.5) is 0 Å². The van der Waals surface area contributed by atoms with E-state index in [0.29, 0.717) is 32.1 Å². The minimum absolute atomic E-state index is 0.0297. The highest BCUT2D eigenvalue weighted by Gasteiger charge is 2.27. The van der Waals surface area contributed by atoms with Gasteiger partial charge < -0.3 is 24.4 Å². The third-order valence-corrected chi connectivity index (χ3v) is 9.89. The van der Waals surface area contributed by atoms with E-state index < -0.39 is 38.6 Å². The zero-order valence-corrected chi connectivity index (χ0v) is 33.2. The molecule has 1 aliphatic rings. The van der Waals surface area contributed by atoms with E-state index in [0.717, 1.165) is 38.5 Å². The summed E-state index contributed by atoms with van der Waals surface area (Å²) in [4.78, 5) is 55.3. The minimum atomic E-state index is -4.80. The lowest BCUT2D eigenvalue weighted by molar-refractivity contribution is -0.161. The molecule has 10 nitrogen and oxygen atoms in total. The van der Waals surface area contributed by atoms with Crippen molar-refractivity contribution in [3.63, 3.8) is 0 Å². The molecule has 3 N–H and O–H groups in total. The Labute approximate surface area is 314 Å². The predicted molar refractivity (Wildman–Crippen MR) is 206 cm³/mol. The number of phosphoric acid groups is 1. The highest BCUT2D eigenvalue weighted by molar-refractivity contribution is 7.46. The van der Waals surface area contributed by atoms with E-state index in [9.17, 15) is 24.1 Å². The van der Waals surface area contributed by atoms with Crippen molar-refractivity contribution < 1.29 is 47.8 Å². The number of carbonyl (C=O) groups excluding carboxylic acids is 3. The van der Waals surface area contributed by atoms with Crippen molar-refractivity contribution in [3.05, 3.63) is 36.5 Å². The molecule has 0 spiro atoms. The number of unbranched alkanes of at least 4 members (excludes halogenated alkanes) is 17. The van der Waals surface area contributed by atoms with Crippen molar-refractivity contribution in [2.45, 2.75) is 180 Å². The van der Waals surface area contributed by atoms with Crippen molar-refractivity contribution in [2.75, 3.05) is 13.2 Å². The van der Waals surface area contributed by atoms with Gasteiger partial charge in [0, 0.05) is 18.8 Å². The van der Waals surface area contributed by atoms with E-state index in [1.165, 1.54) is 70.6 Å². The minimum Gasteiger partial charge on any atom is -0.462 e. The number of ether oxygens (including phenoxy) is 2. The molecule has 300 valence electrons. The van der Waals surface area contributed by atoms with Crippen LogP contribution in [0.5, 0.6) is 0 Å². The van der Waals surface area contributed by atoms with Gasteiger partial charge in [0.2, 0.25) is 0 Å². The fourth-order valence-electron chi connectivity index (χ4n) is 6.25. The van der Waals surface area contributed by atoms with E-state index in [2.05, 4.69) is 18.4 Å². The van der Waals surface area contributed by atoms with E-state index in [-0.39, 0.29) is 37.1 Å². The first kappa shape index (κ1) is 47.9. The van der Waals surface area contributed by atoms with Crippen molar-refractivity contribution in [1.29, 1.82) is 0 Å². The highest BCUT2D eigenvalue weighted by Crippen LogP contribution is 2.36. The first-order valence-electron chi connectivity index (χ1n) is 20.3. The lowest BCUT2D eigenvalue weighted by atomic mass is 9.90. The number of hydrogen-bond donors (Lipinski definition) is 3. The van der Waals surface area contributed by atoms with Crippen molar-refractivity contribution in [3.8, 4) is 0 Å². The number of rotatable bonds is 34. The number of hydrogen-bond acceptors (Lipinski definition) is 8. The smallest absolute Gasteiger partial charge is 0.462 e. The summed E-state index contributed by atoms with van der Waals surface area (Å²) in [7, 11) is -4.80. The van der Waals surface area contributed by atoms with Gasteiger partial charge in [-0.05, 0) is 44.1 Å². The number of esters is 2. The van der Waals surface area contributed by atoms with Crippen molar-refractivity contribution >= 4 is 25.5 Å². The molecule has 52 heavy (non-hydrogen) atoms. The van der Waals surface area contributed by atoms with Crippen LogP contribution in [0.3, 0.4) is 0 Å². The molecule has 1 aliphatic carbocycles. The first-order valence-corrected chi connectivity index (χ1v) is 21.9. The zero-order valence-electron chi connectivity index (χ0n) is 32.3. The van der Waals surface area contributed by atoms with Crippen LogP contribution in [0.2, 0.25) is 0 Å². The van der Waals surface area contributed by atoms with E-state index >= 15 is 0 Å². The van der Waals surface area contributed by atoms with Crippen LogP contribution >= 0.6 is 7.82 Å². The average Bonchev–Trinajstić information content (AvgIpc) is 3.46. The third kappa shape index (κ3) is 27.5. The van der Waals surface area contributed by atoms with Gasteiger partial charge in [0.05, 0.1) is 12.7 Å². The summed E-state index contributed by atoms with van der Waals surface area (Å²) in [6, 6.07) is 0. The largest absolute Gasteiger partial charge is 0.469 e. The van der Waals surface area contributed by atoms with Crippen molar-refractivity contribution in [2.24, 2.45) is 11.8 Å². The van der Waals surface area contributed by atoms with Gasteiger partial charge in [-0.3, -0.25) is 18.9 Å².